The van der Waals surface area contributed by atoms with Gasteiger partial charge in [-0.15, -0.1) is 0 Å². The first-order valence-corrected chi connectivity index (χ1v) is 16.2. The fourth-order valence-corrected chi connectivity index (χ4v) is 5.85. The van der Waals surface area contributed by atoms with E-state index in [2.05, 4.69) is 12.2 Å². The molecule has 41 heavy (non-hydrogen) atoms. The van der Waals surface area contributed by atoms with E-state index in [0.29, 0.717) is 30.1 Å². The van der Waals surface area contributed by atoms with Crippen LogP contribution in [0.2, 0.25) is 5.02 Å². The first-order valence-electron chi connectivity index (χ1n) is 14.0. The second-order valence-corrected chi connectivity index (χ2v) is 12.6. The number of benzene rings is 3. The van der Waals surface area contributed by atoms with Gasteiger partial charge in [0.25, 0.3) is 0 Å². The summed E-state index contributed by atoms with van der Waals surface area (Å²) in [4.78, 5) is 29.0. The van der Waals surface area contributed by atoms with Gasteiger partial charge in [0, 0.05) is 37.5 Å². The minimum absolute atomic E-state index is 0.0753. The van der Waals surface area contributed by atoms with Crippen LogP contribution in [0.4, 0.5) is 5.69 Å². The number of carbonyl (C=O) groups is 2. The lowest BCUT2D eigenvalue weighted by Crippen LogP contribution is -2.50. The first-order chi connectivity index (χ1) is 19.6. The Labute approximate surface area is 249 Å². The number of nitrogens with zero attached hydrogens (tertiary/aromatic N) is 2. The van der Waals surface area contributed by atoms with Crippen molar-refractivity contribution in [2.24, 2.45) is 0 Å². The summed E-state index contributed by atoms with van der Waals surface area (Å²) in [6, 6.07) is 23.4. The summed E-state index contributed by atoms with van der Waals surface area (Å²) in [7, 11) is -3.56. The first kappa shape index (κ1) is 32.2. The Morgan fingerprint density at radius 2 is 1.63 bits per heavy atom. The number of sulfonamides is 1. The molecule has 2 amide bonds. The molecule has 0 heterocycles. The van der Waals surface area contributed by atoms with Gasteiger partial charge in [0.1, 0.15) is 6.04 Å². The molecule has 9 heteroatoms. The number of rotatable bonds is 15. The molecule has 0 aliphatic carbocycles. The van der Waals surface area contributed by atoms with E-state index in [1.165, 1.54) is 10.6 Å². The van der Waals surface area contributed by atoms with Crippen LogP contribution in [0.3, 0.4) is 0 Å². The lowest BCUT2D eigenvalue weighted by molar-refractivity contribution is -0.141. The molecule has 0 aliphatic rings. The third-order valence-corrected chi connectivity index (χ3v) is 8.21. The van der Waals surface area contributed by atoms with Crippen molar-refractivity contribution < 1.29 is 18.0 Å². The summed E-state index contributed by atoms with van der Waals surface area (Å²) in [5, 5.41) is 3.56. The zero-order valence-corrected chi connectivity index (χ0v) is 25.6. The van der Waals surface area contributed by atoms with Crippen molar-refractivity contribution in [3.05, 3.63) is 101 Å². The number of nitrogens with one attached hydrogen (secondary N) is 1. The summed E-state index contributed by atoms with van der Waals surface area (Å²) in [5.41, 5.74) is 3.25. The molecule has 0 aromatic heterocycles. The average molecular weight is 598 g/mol. The number of unbranched alkanes of at least 4 members (excludes halogenated alkanes) is 1. The number of aryl methyl sites for hydroxylation is 1. The molecular formula is C32H40ClN3O4S. The van der Waals surface area contributed by atoms with Crippen molar-refractivity contribution in [3.8, 4) is 0 Å². The van der Waals surface area contributed by atoms with Crippen molar-refractivity contribution in [1.29, 1.82) is 0 Å². The Kier molecular flexibility index (Phi) is 12.2. The molecule has 0 aliphatic heterocycles. The Hall–Kier alpha value is -3.36. The maximum absolute atomic E-state index is 13.9. The van der Waals surface area contributed by atoms with Gasteiger partial charge in [0.05, 0.1) is 11.9 Å². The number of amides is 2. The molecule has 0 spiro atoms. The maximum atomic E-state index is 13.9. The van der Waals surface area contributed by atoms with Crippen LogP contribution in [0, 0.1) is 6.92 Å². The monoisotopic (exact) mass is 597 g/mol. The average Bonchev–Trinajstić information content (AvgIpc) is 2.93. The summed E-state index contributed by atoms with van der Waals surface area (Å²) >= 11 is 6.25. The zero-order chi connectivity index (χ0) is 29.8. The minimum atomic E-state index is -3.56. The zero-order valence-electron chi connectivity index (χ0n) is 24.1. The van der Waals surface area contributed by atoms with E-state index in [4.69, 9.17) is 11.6 Å². The second kappa shape index (κ2) is 15.6. The van der Waals surface area contributed by atoms with Gasteiger partial charge in [0.15, 0.2) is 0 Å². The van der Waals surface area contributed by atoms with Crippen LogP contribution in [-0.2, 0) is 32.6 Å². The lowest BCUT2D eigenvalue weighted by atomic mass is 10.0. The van der Waals surface area contributed by atoms with Crippen LogP contribution < -0.4 is 9.62 Å². The Morgan fingerprint density at radius 1 is 0.927 bits per heavy atom. The van der Waals surface area contributed by atoms with E-state index in [0.717, 1.165) is 29.5 Å². The van der Waals surface area contributed by atoms with Crippen LogP contribution in [0.15, 0.2) is 78.9 Å². The Bertz CT molecular complexity index is 1400. The second-order valence-electron chi connectivity index (χ2n) is 10.3. The molecule has 0 fully saturated rings. The highest BCUT2D eigenvalue weighted by Crippen LogP contribution is 2.22. The molecule has 1 N–H and O–H groups in total. The summed E-state index contributed by atoms with van der Waals surface area (Å²) in [6.45, 7) is 4.83. The molecule has 0 bridgehead atoms. The largest absolute Gasteiger partial charge is 0.354 e. The molecule has 3 aromatic rings. The predicted octanol–water partition coefficient (Wildman–Crippen LogP) is 5.75. The highest BCUT2D eigenvalue weighted by atomic mass is 35.5. The Balaban J connectivity index is 1.87. The fraction of sp³-hybridized carbons (Fsp3) is 0.375. The highest BCUT2D eigenvalue weighted by molar-refractivity contribution is 7.92. The van der Waals surface area contributed by atoms with Crippen LogP contribution in [0.25, 0.3) is 0 Å². The molecule has 3 rings (SSSR count). The molecule has 0 radical (unpaired) electrons. The fourth-order valence-electron chi connectivity index (χ4n) is 4.68. The van der Waals surface area contributed by atoms with Crippen LogP contribution in [-0.4, -0.2) is 50.5 Å². The minimum Gasteiger partial charge on any atom is -0.354 e. The molecular weight excluding hydrogens is 558 g/mol. The van der Waals surface area contributed by atoms with Gasteiger partial charge in [-0.1, -0.05) is 79.5 Å². The SMILES string of the molecule is CCCCNC(=O)[C@H](Cc1ccccc1)N(Cc1cccc(Cl)c1)C(=O)CCCN(c1cccc(C)c1)S(C)(=O)=O. The number of hydrogen-bond acceptors (Lipinski definition) is 4. The Morgan fingerprint density at radius 3 is 2.29 bits per heavy atom. The highest BCUT2D eigenvalue weighted by Gasteiger charge is 2.30. The van der Waals surface area contributed by atoms with E-state index in [1.807, 2.05) is 67.6 Å². The van der Waals surface area contributed by atoms with E-state index < -0.39 is 16.1 Å². The van der Waals surface area contributed by atoms with Gasteiger partial charge >= 0.3 is 0 Å². The molecule has 0 saturated carbocycles. The summed E-state index contributed by atoms with van der Waals surface area (Å²) in [5.74, 6) is -0.440. The van der Waals surface area contributed by atoms with E-state index in [1.54, 1.807) is 23.1 Å². The van der Waals surface area contributed by atoms with E-state index in [-0.39, 0.29) is 31.3 Å². The number of carbonyl (C=O) groups excluding carboxylic acids is 2. The van der Waals surface area contributed by atoms with Crippen LogP contribution in [0.1, 0.15) is 49.3 Å². The van der Waals surface area contributed by atoms with Crippen molar-refractivity contribution in [2.45, 2.75) is 58.5 Å². The molecule has 7 nitrogen and oxygen atoms in total. The normalized spacial score (nSPS) is 12.0. The van der Waals surface area contributed by atoms with Crippen LogP contribution >= 0.6 is 11.6 Å². The quantitative estimate of drug-likeness (QED) is 0.226. The number of hydrogen-bond donors (Lipinski definition) is 1. The van der Waals surface area contributed by atoms with Crippen molar-refractivity contribution in [2.75, 3.05) is 23.7 Å². The molecule has 0 unspecified atom stereocenters. The van der Waals surface area contributed by atoms with Crippen LogP contribution in [0.5, 0.6) is 0 Å². The smallest absolute Gasteiger partial charge is 0.243 e. The topological polar surface area (TPSA) is 86.8 Å². The van der Waals surface area contributed by atoms with Gasteiger partial charge < -0.3 is 10.2 Å². The lowest BCUT2D eigenvalue weighted by Gasteiger charge is -2.32. The predicted molar refractivity (Wildman–Crippen MR) is 166 cm³/mol. The summed E-state index contributed by atoms with van der Waals surface area (Å²) in [6.07, 6.45) is 3.66. The van der Waals surface area contributed by atoms with Gasteiger partial charge in [-0.2, -0.15) is 0 Å². The molecule has 3 aromatic carbocycles. The van der Waals surface area contributed by atoms with Crippen molar-refractivity contribution >= 4 is 39.1 Å². The number of anilines is 1. The summed E-state index contributed by atoms with van der Waals surface area (Å²) < 4.78 is 26.6. The third-order valence-electron chi connectivity index (χ3n) is 6.78. The van der Waals surface area contributed by atoms with Crippen molar-refractivity contribution in [1.82, 2.24) is 10.2 Å². The van der Waals surface area contributed by atoms with Crippen molar-refractivity contribution in [3.63, 3.8) is 0 Å². The molecule has 220 valence electrons. The maximum Gasteiger partial charge on any atom is 0.243 e. The van der Waals surface area contributed by atoms with Gasteiger partial charge in [-0.3, -0.25) is 13.9 Å². The standard InChI is InChI=1S/C32H40ClN3O4S/c1-4-5-19-34-32(38)30(23-26-13-7-6-8-14-26)35(24-27-15-10-16-28(33)22-27)31(37)18-11-20-36(41(3,39)40)29-17-9-12-25(2)21-29/h6-10,12-17,21-22,30H,4-5,11,18-20,23-24H2,1-3H3,(H,34,38)/t30-/m0/s1. The van der Waals surface area contributed by atoms with Gasteiger partial charge in [0.2, 0.25) is 21.8 Å². The van der Waals surface area contributed by atoms with E-state index in [9.17, 15) is 18.0 Å². The molecule has 1 atom stereocenters. The van der Waals surface area contributed by atoms with Gasteiger partial charge in [-0.25, -0.2) is 8.42 Å². The van der Waals surface area contributed by atoms with E-state index >= 15 is 0 Å². The number of halogens is 1. The van der Waals surface area contributed by atoms with Gasteiger partial charge in [-0.05, 0) is 60.7 Å². The molecule has 0 saturated heterocycles. The third kappa shape index (κ3) is 10.2.